The Morgan fingerprint density at radius 3 is 2.48 bits per heavy atom. The van der Waals surface area contributed by atoms with Gasteiger partial charge in [-0.2, -0.15) is 4.31 Å². The van der Waals surface area contributed by atoms with Crippen LogP contribution in [-0.4, -0.2) is 59.1 Å². The van der Waals surface area contributed by atoms with Crippen molar-refractivity contribution in [1.82, 2.24) is 18.6 Å². The van der Waals surface area contributed by atoms with Gasteiger partial charge < -0.3 is 4.90 Å². The number of aromatic nitrogens is 2. The van der Waals surface area contributed by atoms with Crippen molar-refractivity contribution in [2.24, 2.45) is 0 Å². The molecule has 1 aromatic carbocycles. The lowest BCUT2D eigenvalue weighted by atomic mass is 10.2. The largest absolute Gasteiger partial charge is 0.336 e. The number of sulfonamides is 1. The van der Waals surface area contributed by atoms with Gasteiger partial charge in [-0.3, -0.25) is 14.0 Å². The Kier molecular flexibility index (Phi) is 4.54. The van der Waals surface area contributed by atoms with Crippen LogP contribution in [-0.2, 0) is 10.0 Å². The van der Waals surface area contributed by atoms with Crippen molar-refractivity contribution < 1.29 is 13.2 Å². The van der Waals surface area contributed by atoms with E-state index in [4.69, 9.17) is 0 Å². The number of thiazole rings is 1. The second-order valence-electron chi connectivity index (χ2n) is 6.04. The molecular formula is C17H16N4O4S2. The third-order valence-corrected chi connectivity index (χ3v) is 7.16. The van der Waals surface area contributed by atoms with E-state index < -0.39 is 21.5 Å². The molecule has 0 unspecified atom stereocenters. The molecule has 1 aliphatic heterocycles. The number of rotatable bonds is 3. The molecule has 1 saturated heterocycles. The van der Waals surface area contributed by atoms with Crippen molar-refractivity contribution in [3.8, 4) is 0 Å². The first-order valence-corrected chi connectivity index (χ1v) is 10.6. The molecule has 3 aromatic rings. The maximum Gasteiger partial charge on any atom is 0.271 e. The molecule has 8 nitrogen and oxygen atoms in total. The van der Waals surface area contributed by atoms with Gasteiger partial charge in [0.2, 0.25) is 10.0 Å². The Morgan fingerprint density at radius 1 is 1.07 bits per heavy atom. The van der Waals surface area contributed by atoms with Gasteiger partial charge in [0, 0.05) is 44.0 Å². The number of nitrogens with zero attached hydrogens (tertiary/aromatic N) is 4. The summed E-state index contributed by atoms with van der Waals surface area (Å²) >= 11 is 1.31. The molecule has 0 aliphatic carbocycles. The lowest BCUT2D eigenvalue weighted by molar-refractivity contribution is 0.0695. The molecule has 0 N–H and O–H groups in total. The molecule has 0 saturated carbocycles. The Balaban J connectivity index is 1.51. The summed E-state index contributed by atoms with van der Waals surface area (Å²) in [5.74, 6) is -0.426. The summed E-state index contributed by atoms with van der Waals surface area (Å²) in [6, 6.07) is 8.21. The van der Waals surface area contributed by atoms with Crippen molar-refractivity contribution in [3.05, 3.63) is 64.0 Å². The van der Waals surface area contributed by atoms with Gasteiger partial charge in [0.15, 0.2) is 4.96 Å². The van der Waals surface area contributed by atoms with Gasteiger partial charge in [-0.05, 0) is 12.1 Å². The van der Waals surface area contributed by atoms with Gasteiger partial charge in [-0.15, -0.1) is 11.3 Å². The first kappa shape index (κ1) is 17.8. The van der Waals surface area contributed by atoms with Gasteiger partial charge in [0.1, 0.15) is 5.56 Å². The molecule has 0 radical (unpaired) electrons. The first-order valence-electron chi connectivity index (χ1n) is 8.28. The Morgan fingerprint density at radius 2 is 1.78 bits per heavy atom. The number of benzene rings is 1. The summed E-state index contributed by atoms with van der Waals surface area (Å²) in [5.41, 5.74) is -0.421. The van der Waals surface area contributed by atoms with E-state index in [-0.39, 0.29) is 36.6 Å². The molecule has 0 atom stereocenters. The smallest absolute Gasteiger partial charge is 0.271 e. The maximum absolute atomic E-state index is 12.7. The van der Waals surface area contributed by atoms with Crippen molar-refractivity contribution in [2.75, 3.05) is 26.2 Å². The summed E-state index contributed by atoms with van der Waals surface area (Å²) in [7, 11) is -3.59. The SMILES string of the molecule is O=C(c1cnc2sccn2c1=O)N1CCN(S(=O)(=O)c2ccccc2)CC1. The highest BCUT2D eigenvalue weighted by atomic mass is 32.2. The van der Waals surface area contributed by atoms with Crippen molar-refractivity contribution in [3.63, 3.8) is 0 Å². The molecule has 27 heavy (non-hydrogen) atoms. The quantitative estimate of drug-likeness (QED) is 0.647. The van der Waals surface area contributed by atoms with Crippen molar-refractivity contribution in [1.29, 1.82) is 0 Å². The molecule has 0 bridgehead atoms. The molecule has 140 valence electrons. The van der Waals surface area contributed by atoms with Gasteiger partial charge >= 0.3 is 0 Å². The van der Waals surface area contributed by atoms with E-state index in [1.165, 1.54) is 31.1 Å². The van der Waals surface area contributed by atoms with Gasteiger partial charge in [-0.25, -0.2) is 13.4 Å². The number of hydrogen-bond acceptors (Lipinski definition) is 6. The molecular weight excluding hydrogens is 388 g/mol. The zero-order chi connectivity index (χ0) is 19.0. The van der Waals surface area contributed by atoms with Crippen LogP contribution in [0.15, 0.2) is 57.8 Å². The number of fused-ring (bicyclic) bond motifs is 1. The van der Waals surface area contributed by atoms with E-state index in [1.54, 1.807) is 41.9 Å². The second-order valence-corrected chi connectivity index (χ2v) is 8.85. The number of piperazine rings is 1. The summed E-state index contributed by atoms with van der Waals surface area (Å²) in [5, 5.41) is 1.73. The fourth-order valence-corrected chi connectivity index (χ4v) is 5.13. The number of hydrogen-bond donors (Lipinski definition) is 0. The topological polar surface area (TPSA) is 92.1 Å². The third-order valence-electron chi connectivity index (χ3n) is 4.48. The lowest BCUT2D eigenvalue weighted by Gasteiger charge is -2.33. The van der Waals surface area contributed by atoms with Crippen LogP contribution in [0, 0.1) is 0 Å². The Bertz CT molecular complexity index is 1150. The minimum absolute atomic E-state index is 0.00901. The fourth-order valence-electron chi connectivity index (χ4n) is 3.01. The Labute approximate surface area is 159 Å². The standard InChI is InChI=1S/C17H16N4O4S2/c22-15(14-12-18-17-21(16(14)23)10-11-26-17)19-6-8-20(9-7-19)27(24,25)13-4-2-1-3-5-13/h1-5,10-12H,6-9H2. The van der Waals surface area contributed by atoms with Gasteiger partial charge in [-0.1, -0.05) is 18.2 Å². The van der Waals surface area contributed by atoms with E-state index in [2.05, 4.69) is 4.98 Å². The highest BCUT2D eigenvalue weighted by Crippen LogP contribution is 2.18. The summed E-state index contributed by atoms with van der Waals surface area (Å²) < 4.78 is 28.0. The molecule has 2 aromatic heterocycles. The highest BCUT2D eigenvalue weighted by Gasteiger charge is 2.31. The third kappa shape index (κ3) is 3.15. The highest BCUT2D eigenvalue weighted by molar-refractivity contribution is 7.89. The van der Waals surface area contributed by atoms with Crippen LogP contribution in [0.2, 0.25) is 0 Å². The van der Waals surface area contributed by atoms with Crippen molar-refractivity contribution >= 4 is 32.2 Å². The molecule has 10 heteroatoms. The maximum atomic E-state index is 12.7. The zero-order valence-electron chi connectivity index (χ0n) is 14.2. The van der Waals surface area contributed by atoms with Crippen LogP contribution in [0.25, 0.3) is 4.96 Å². The minimum atomic E-state index is -3.59. The van der Waals surface area contributed by atoms with Crippen LogP contribution < -0.4 is 5.56 Å². The average Bonchev–Trinajstić information content (AvgIpc) is 3.18. The summed E-state index contributed by atoms with van der Waals surface area (Å²) in [4.78, 5) is 31.6. The number of carbonyl (C=O) groups excluding carboxylic acids is 1. The number of carbonyl (C=O) groups is 1. The van der Waals surface area contributed by atoms with Gasteiger partial charge in [0.05, 0.1) is 4.90 Å². The summed E-state index contributed by atoms with van der Waals surface area (Å²) in [6.45, 7) is 0.796. The van der Waals surface area contributed by atoms with Crippen LogP contribution in [0.5, 0.6) is 0 Å². The second kappa shape index (κ2) is 6.87. The minimum Gasteiger partial charge on any atom is -0.336 e. The van der Waals surface area contributed by atoms with E-state index in [9.17, 15) is 18.0 Å². The Hall–Kier alpha value is -2.56. The molecule has 4 rings (SSSR count). The average molecular weight is 404 g/mol. The van der Waals surface area contributed by atoms with Crippen LogP contribution in [0.4, 0.5) is 0 Å². The number of amides is 1. The van der Waals surface area contributed by atoms with Crippen LogP contribution in [0.3, 0.4) is 0 Å². The van der Waals surface area contributed by atoms with E-state index >= 15 is 0 Å². The predicted molar refractivity (Wildman–Crippen MR) is 100 cm³/mol. The van der Waals surface area contributed by atoms with Crippen molar-refractivity contribution in [2.45, 2.75) is 4.90 Å². The monoisotopic (exact) mass is 404 g/mol. The van der Waals surface area contributed by atoms with Crippen LogP contribution >= 0.6 is 11.3 Å². The summed E-state index contributed by atoms with van der Waals surface area (Å²) in [6.07, 6.45) is 2.88. The van der Waals surface area contributed by atoms with E-state index in [1.807, 2.05) is 0 Å². The van der Waals surface area contributed by atoms with E-state index in [0.717, 1.165) is 0 Å². The molecule has 1 amide bonds. The molecule has 1 fully saturated rings. The predicted octanol–water partition coefficient (Wildman–Crippen LogP) is 0.903. The molecule has 3 heterocycles. The molecule has 0 spiro atoms. The van der Waals surface area contributed by atoms with Gasteiger partial charge in [0.25, 0.3) is 11.5 Å². The zero-order valence-corrected chi connectivity index (χ0v) is 15.8. The normalized spacial score (nSPS) is 15.9. The molecule has 1 aliphatic rings. The fraction of sp³-hybridized carbons (Fsp3) is 0.235. The first-order chi connectivity index (χ1) is 13.0. The van der Waals surface area contributed by atoms with E-state index in [0.29, 0.717) is 4.96 Å². The van der Waals surface area contributed by atoms with Crippen LogP contribution in [0.1, 0.15) is 10.4 Å². The lowest BCUT2D eigenvalue weighted by Crippen LogP contribution is -2.51.